The number of amides is 2. The average Bonchev–Trinajstić information content (AvgIpc) is 2.67. The third kappa shape index (κ3) is 4.50. The van der Waals surface area contributed by atoms with Gasteiger partial charge in [0.2, 0.25) is 11.8 Å². The van der Waals surface area contributed by atoms with E-state index >= 15 is 0 Å². The van der Waals surface area contributed by atoms with Crippen LogP contribution in [0.2, 0.25) is 0 Å². The van der Waals surface area contributed by atoms with E-state index in [1.54, 1.807) is 12.1 Å². The van der Waals surface area contributed by atoms with Crippen LogP contribution in [0.25, 0.3) is 5.57 Å². The molecule has 3 rings (SSSR count). The standard InChI is InChI=1S/C22H21F3N2O2/c1-13(2)16-5-3-4-6-18(16)27-21(29)19-17(11-12-26-20(19)28)14-7-9-15(10-8-14)22(23,24)25/h3-10,17,19H,1,11-12H2,2H3,(H,26,28)(H,27,29). The van der Waals surface area contributed by atoms with Gasteiger partial charge in [0.1, 0.15) is 5.92 Å². The zero-order valence-corrected chi connectivity index (χ0v) is 15.8. The smallest absolute Gasteiger partial charge is 0.355 e. The Morgan fingerprint density at radius 2 is 1.79 bits per heavy atom. The molecule has 2 amide bonds. The number of allylic oxidation sites excluding steroid dienone is 1. The molecule has 2 aromatic rings. The number of hydrogen-bond acceptors (Lipinski definition) is 2. The van der Waals surface area contributed by atoms with Crippen LogP contribution >= 0.6 is 0 Å². The lowest BCUT2D eigenvalue weighted by Crippen LogP contribution is -2.46. The zero-order valence-electron chi connectivity index (χ0n) is 15.8. The van der Waals surface area contributed by atoms with Gasteiger partial charge in [-0.3, -0.25) is 9.59 Å². The van der Waals surface area contributed by atoms with Crippen LogP contribution in [0.15, 0.2) is 55.1 Å². The van der Waals surface area contributed by atoms with E-state index < -0.39 is 35.4 Å². The number of carbonyl (C=O) groups excluding carboxylic acids is 2. The highest BCUT2D eigenvalue weighted by molar-refractivity contribution is 6.08. The highest BCUT2D eigenvalue weighted by atomic mass is 19.4. The van der Waals surface area contributed by atoms with Crippen molar-refractivity contribution in [1.29, 1.82) is 0 Å². The van der Waals surface area contributed by atoms with E-state index in [9.17, 15) is 22.8 Å². The average molecular weight is 402 g/mol. The lowest BCUT2D eigenvalue weighted by Gasteiger charge is -2.31. The first-order valence-electron chi connectivity index (χ1n) is 9.19. The van der Waals surface area contributed by atoms with Gasteiger partial charge in [-0.15, -0.1) is 0 Å². The summed E-state index contributed by atoms with van der Waals surface area (Å²) in [5, 5.41) is 5.46. The van der Waals surface area contributed by atoms with Crippen molar-refractivity contribution in [2.45, 2.75) is 25.4 Å². The van der Waals surface area contributed by atoms with E-state index in [-0.39, 0.29) is 0 Å². The minimum atomic E-state index is -4.44. The minimum Gasteiger partial charge on any atom is -0.355 e. The molecule has 0 saturated carbocycles. The van der Waals surface area contributed by atoms with Crippen LogP contribution in [0.4, 0.5) is 18.9 Å². The van der Waals surface area contributed by atoms with Gasteiger partial charge in [-0.2, -0.15) is 13.2 Å². The molecule has 7 heteroatoms. The Morgan fingerprint density at radius 1 is 1.14 bits per heavy atom. The number of rotatable bonds is 4. The Kier molecular flexibility index (Phi) is 5.77. The number of para-hydroxylation sites is 1. The fourth-order valence-corrected chi connectivity index (χ4v) is 3.57. The van der Waals surface area contributed by atoms with Gasteiger partial charge in [0, 0.05) is 23.7 Å². The predicted molar refractivity (Wildman–Crippen MR) is 105 cm³/mol. The molecule has 1 fully saturated rings. The maximum atomic E-state index is 13.0. The molecule has 0 spiro atoms. The van der Waals surface area contributed by atoms with Crippen molar-refractivity contribution in [3.8, 4) is 0 Å². The number of benzene rings is 2. The molecule has 1 heterocycles. The van der Waals surface area contributed by atoms with Gasteiger partial charge < -0.3 is 10.6 Å². The number of carbonyl (C=O) groups is 2. The zero-order chi connectivity index (χ0) is 21.2. The van der Waals surface area contributed by atoms with Crippen LogP contribution in [-0.4, -0.2) is 18.4 Å². The molecule has 2 atom stereocenters. The summed E-state index contributed by atoms with van der Waals surface area (Å²) >= 11 is 0. The summed E-state index contributed by atoms with van der Waals surface area (Å²) in [5.41, 5.74) is 1.81. The van der Waals surface area contributed by atoms with Crippen molar-refractivity contribution >= 4 is 23.1 Å². The summed E-state index contributed by atoms with van der Waals surface area (Å²) in [5.74, 6) is -2.49. The summed E-state index contributed by atoms with van der Waals surface area (Å²) in [6, 6.07) is 11.7. The molecule has 2 unspecified atom stereocenters. The molecule has 152 valence electrons. The molecule has 2 N–H and O–H groups in total. The van der Waals surface area contributed by atoms with Crippen LogP contribution < -0.4 is 10.6 Å². The minimum absolute atomic E-state index is 0.358. The van der Waals surface area contributed by atoms with Gasteiger partial charge in [0.15, 0.2) is 0 Å². The first-order chi connectivity index (χ1) is 13.7. The van der Waals surface area contributed by atoms with Gasteiger partial charge in [-0.25, -0.2) is 0 Å². The highest BCUT2D eigenvalue weighted by Crippen LogP contribution is 2.35. The summed E-state index contributed by atoms with van der Waals surface area (Å²) in [6.07, 6.45) is -3.98. The van der Waals surface area contributed by atoms with E-state index in [0.29, 0.717) is 24.2 Å². The quantitative estimate of drug-likeness (QED) is 0.735. The Hall–Kier alpha value is -3.09. The van der Waals surface area contributed by atoms with E-state index in [0.717, 1.165) is 23.3 Å². The molecular formula is C22H21F3N2O2. The first-order valence-corrected chi connectivity index (χ1v) is 9.19. The fraction of sp³-hybridized carbons (Fsp3) is 0.273. The SMILES string of the molecule is C=C(C)c1ccccc1NC(=O)C1C(=O)NCCC1c1ccc(C(F)(F)F)cc1. The third-order valence-electron chi connectivity index (χ3n) is 5.03. The number of nitrogens with one attached hydrogen (secondary N) is 2. The van der Waals surface area contributed by atoms with Crippen LogP contribution in [0.1, 0.15) is 36.0 Å². The van der Waals surface area contributed by atoms with Crippen LogP contribution in [0, 0.1) is 5.92 Å². The largest absolute Gasteiger partial charge is 0.416 e. The molecule has 0 aromatic heterocycles. The van der Waals surface area contributed by atoms with E-state index in [1.165, 1.54) is 12.1 Å². The van der Waals surface area contributed by atoms with Crippen molar-refractivity contribution in [2.24, 2.45) is 5.92 Å². The Balaban J connectivity index is 1.88. The van der Waals surface area contributed by atoms with Crippen molar-refractivity contribution in [3.63, 3.8) is 0 Å². The first kappa shape index (κ1) is 20.6. The van der Waals surface area contributed by atoms with Crippen LogP contribution in [-0.2, 0) is 15.8 Å². The van der Waals surface area contributed by atoms with Crippen LogP contribution in [0.5, 0.6) is 0 Å². The molecule has 4 nitrogen and oxygen atoms in total. The van der Waals surface area contributed by atoms with E-state index in [1.807, 2.05) is 19.1 Å². The number of halogens is 3. The lowest BCUT2D eigenvalue weighted by atomic mass is 9.79. The molecule has 2 aromatic carbocycles. The molecule has 0 radical (unpaired) electrons. The molecule has 1 aliphatic heterocycles. The monoisotopic (exact) mass is 402 g/mol. The molecule has 0 aliphatic carbocycles. The summed E-state index contributed by atoms with van der Waals surface area (Å²) in [6.45, 7) is 6.06. The van der Waals surface area contributed by atoms with Crippen molar-refractivity contribution < 1.29 is 22.8 Å². The topological polar surface area (TPSA) is 58.2 Å². The second-order valence-electron chi connectivity index (χ2n) is 7.10. The number of alkyl halides is 3. The maximum Gasteiger partial charge on any atom is 0.416 e. The van der Waals surface area contributed by atoms with Crippen molar-refractivity contribution in [3.05, 3.63) is 71.8 Å². The van der Waals surface area contributed by atoms with Crippen molar-refractivity contribution in [2.75, 3.05) is 11.9 Å². The third-order valence-corrected chi connectivity index (χ3v) is 5.03. The summed E-state index contributed by atoms with van der Waals surface area (Å²) < 4.78 is 38.5. The number of piperidine rings is 1. The molecule has 1 aliphatic rings. The number of anilines is 1. The van der Waals surface area contributed by atoms with Crippen molar-refractivity contribution in [1.82, 2.24) is 5.32 Å². The number of hydrogen-bond donors (Lipinski definition) is 2. The van der Waals surface area contributed by atoms with E-state index in [2.05, 4.69) is 17.2 Å². The highest BCUT2D eigenvalue weighted by Gasteiger charge is 2.39. The van der Waals surface area contributed by atoms with Gasteiger partial charge in [0.25, 0.3) is 0 Å². The van der Waals surface area contributed by atoms with Gasteiger partial charge in [-0.05, 0) is 42.7 Å². The van der Waals surface area contributed by atoms with Gasteiger partial charge in [0.05, 0.1) is 5.56 Å². The molecule has 29 heavy (non-hydrogen) atoms. The second-order valence-corrected chi connectivity index (χ2v) is 7.10. The second kappa shape index (κ2) is 8.11. The molecular weight excluding hydrogens is 381 g/mol. The predicted octanol–water partition coefficient (Wildman–Crippen LogP) is 4.60. The Bertz CT molecular complexity index is 936. The Morgan fingerprint density at radius 3 is 2.41 bits per heavy atom. The molecule has 1 saturated heterocycles. The molecule has 0 bridgehead atoms. The van der Waals surface area contributed by atoms with Gasteiger partial charge in [-0.1, -0.05) is 36.9 Å². The maximum absolute atomic E-state index is 13.0. The summed E-state index contributed by atoms with van der Waals surface area (Å²) in [4.78, 5) is 25.5. The fourth-order valence-electron chi connectivity index (χ4n) is 3.57. The van der Waals surface area contributed by atoms with Gasteiger partial charge >= 0.3 is 6.18 Å². The summed E-state index contributed by atoms with van der Waals surface area (Å²) in [7, 11) is 0. The van der Waals surface area contributed by atoms with E-state index in [4.69, 9.17) is 0 Å². The normalized spacial score (nSPS) is 19.4. The Labute approximate surface area is 166 Å². The van der Waals surface area contributed by atoms with Crippen LogP contribution in [0.3, 0.4) is 0 Å². The lowest BCUT2D eigenvalue weighted by molar-refractivity contribution is -0.138.